The van der Waals surface area contributed by atoms with Gasteiger partial charge in [-0.3, -0.25) is 4.79 Å². The summed E-state index contributed by atoms with van der Waals surface area (Å²) < 4.78 is 14.7. The first-order valence-electron chi connectivity index (χ1n) is 5.71. The summed E-state index contributed by atoms with van der Waals surface area (Å²) in [4.78, 5) is 11.5. The molecule has 1 N–H and O–H groups in total. The van der Waals surface area contributed by atoms with Gasteiger partial charge in [0.2, 0.25) is 0 Å². The van der Waals surface area contributed by atoms with Crippen LogP contribution in [0.1, 0.15) is 13.8 Å². The van der Waals surface area contributed by atoms with Gasteiger partial charge in [0, 0.05) is 0 Å². The molecule has 3 atom stereocenters. The fraction of sp³-hybridized carbons (Fsp3) is 0.727. The highest BCUT2D eigenvalue weighted by Crippen LogP contribution is 2.29. The van der Waals surface area contributed by atoms with E-state index >= 15 is 0 Å². The predicted molar refractivity (Wildman–Crippen MR) is 71.1 cm³/mol. The number of alkyl halides is 3. The van der Waals surface area contributed by atoms with Crippen LogP contribution < -0.4 is 5.32 Å². The van der Waals surface area contributed by atoms with Crippen LogP contribution in [0.4, 0.5) is 0 Å². The zero-order chi connectivity index (χ0) is 14.3. The zero-order valence-electron chi connectivity index (χ0n) is 10.4. The van der Waals surface area contributed by atoms with Crippen molar-refractivity contribution >= 4 is 40.7 Å². The summed E-state index contributed by atoms with van der Waals surface area (Å²) in [6.07, 6.45) is 2.26. The number of fused-ring (bicyclic) bond motifs is 1. The molecule has 0 aromatic rings. The van der Waals surface area contributed by atoms with Crippen LogP contribution in [-0.4, -0.2) is 40.5 Å². The molecule has 5 nitrogen and oxygen atoms in total. The Kier molecular flexibility index (Phi) is 4.35. The van der Waals surface area contributed by atoms with Gasteiger partial charge < -0.3 is 19.5 Å². The fourth-order valence-corrected chi connectivity index (χ4v) is 2.00. The summed E-state index contributed by atoms with van der Waals surface area (Å²) in [6, 6.07) is 0. The average Bonchev–Trinajstić information content (AvgIpc) is 2.27. The lowest BCUT2D eigenvalue weighted by Gasteiger charge is -2.42. The molecule has 19 heavy (non-hydrogen) atoms. The molecule has 0 aliphatic carbocycles. The first-order valence-corrected chi connectivity index (χ1v) is 6.84. The Labute approximate surface area is 126 Å². The van der Waals surface area contributed by atoms with Gasteiger partial charge in [0.15, 0.2) is 5.79 Å². The van der Waals surface area contributed by atoms with Gasteiger partial charge in [0.25, 0.3) is 9.70 Å². The number of hydrogen-bond acceptors (Lipinski definition) is 4. The minimum atomic E-state index is -2.02. The summed E-state index contributed by atoms with van der Waals surface area (Å²) in [7, 11) is 0. The maximum absolute atomic E-state index is 11.5. The van der Waals surface area contributed by atoms with Crippen LogP contribution in [0.3, 0.4) is 0 Å². The normalized spacial score (nSPS) is 33.6. The smallest absolute Gasteiger partial charge is 0.274 e. The third-order valence-corrected chi connectivity index (χ3v) is 3.22. The summed E-state index contributed by atoms with van der Waals surface area (Å²) in [6.45, 7) is 4.02. The van der Waals surface area contributed by atoms with Crippen molar-refractivity contribution < 1.29 is 19.0 Å². The quantitative estimate of drug-likeness (QED) is 0.589. The molecule has 0 bridgehead atoms. The molecule has 0 spiro atoms. The van der Waals surface area contributed by atoms with Gasteiger partial charge in [0.1, 0.15) is 18.4 Å². The molecule has 2 aliphatic rings. The molecule has 108 valence electrons. The van der Waals surface area contributed by atoms with E-state index < -0.39 is 21.7 Å². The number of hydrogen-bond donors (Lipinski definition) is 1. The Bertz CT molecular complexity index is 394. The van der Waals surface area contributed by atoms with Crippen molar-refractivity contribution in [2.24, 2.45) is 0 Å². The number of nitrogens with one attached hydrogen (secondary N) is 1. The fourth-order valence-electron chi connectivity index (χ4n) is 1.83. The number of halogens is 3. The van der Waals surface area contributed by atoms with Gasteiger partial charge in [-0.1, -0.05) is 40.9 Å². The third kappa shape index (κ3) is 3.97. The van der Waals surface area contributed by atoms with Crippen LogP contribution in [0.15, 0.2) is 12.2 Å². The summed E-state index contributed by atoms with van der Waals surface area (Å²) in [5.41, 5.74) is 0. The second-order valence-electron chi connectivity index (χ2n) is 4.74. The lowest BCUT2D eigenvalue weighted by Crippen LogP contribution is -2.54. The van der Waals surface area contributed by atoms with E-state index in [-0.39, 0.29) is 12.2 Å². The van der Waals surface area contributed by atoms with E-state index in [1.54, 1.807) is 6.08 Å². The van der Waals surface area contributed by atoms with E-state index in [0.29, 0.717) is 6.61 Å². The van der Waals surface area contributed by atoms with Crippen LogP contribution in [-0.2, 0) is 19.0 Å². The van der Waals surface area contributed by atoms with Crippen LogP contribution in [0.5, 0.6) is 0 Å². The second-order valence-corrected chi connectivity index (χ2v) is 7.03. The van der Waals surface area contributed by atoms with Gasteiger partial charge in [0.05, 0.1) is 6.61 Å². The monoisotopic (exact) mass is 329 g/mol. The Morgan fingerprint density at radius 1 is 1.37 bits per heavy atom. The van der Waals surface area contributed by atoms with Crippen molar-refractivity contribution in [2.45, 2.75) is 41.9 Å². The Balaban J connectivity index is 1.97. The van der Waals surface area contributed by atoms with Crippen LogP contribution in [0.25, 0.3) is 0 Å². The Hall–Kier alpha value is -0.0400. The lowest BCUT2D eigenvalue weighted by molar-refractivity contribution is -0.306. The van der Waals surface area contributed by atoms with Crippen molar-refractivity contribution in [3.05, 3.63) is 12.2 Å². The SMILES string of the molecule is CC1(C)OC[C@H]2O[C@H](NC(=O)C(Cl)(Cl)Cl)C=C[C@@H]2O1. The van der Waals surface area contributed by atoms with Crippen molar-refractivity contribution in [1.29, 1.82) is 0 Å². The van der Waals surface area contributed by atoms with Gasteiger partial charge in [-0.15, -0.1) is 0 Å². The van der Waals surface area contributed by atoms with Gasteiger partial charge in [-0.2, -0.15) is 0 Å². The number of carbonyl (C=O) groups excluding carboxylic acids is 1. The minimum absolute atomic E-state index is 0.218. The standard InChI is InChI=1S/C11H14Cl3NO4/c1-10(2)17-5-7-6(19-10)3-4-8(18-7)15-9(16)11(12,13)14/h3-4,6-8H,5H2,1-2H3,(H,15,16)/t6-,7+,8-/m0/s1. The average molecular weight is 331 g/mol. The van der Waals surface area contributed by atoms with Crippen LogP contribution in [0, 0.1) is 0 Å². The molecule has 2 aliphatic heterocycles. The van der Waals surface area contributed by atoms with Crippen molar-refractivity contribution in [3.63, 3.8) is 0 Å². The first kappa shape index (κ1) is 15.4. The molecule has 1 fully saturated rings. The van der Waals surface area contributed by atoms with Crippen molar-refractivity contribution in [3.8, 4) is 0 Å². The number of amides is 1. The molecule has 1 amide bonds. The second kappa shape index (κ2) is 5.39. The van der Waals surface area contributed by atoms with E-state index in [9.17, 15) is 4.79 Å². The molecule has 2 heterocycles. The maximum atomic E-state index is 11.5. The molecular weight excluding hydrogens is 316 g/mol. The Morgan fingerprint density at radius 2 is 2.05 bits per heavy atom. The highest BCUT2D eigenvalue weighted by molar-refractivity contribution is 6.76. The topological polar surface area (TPSA) is 56.8 Å². The molecule has 1 saturated heterocycles. The summed E-state index contributed by atoms with van der Waals surface area (Å²) >= 11 is 16.4. The minimum Gasteiger partial charge on any atom is -0.348 e. The van der Waals surface area contributed by atoms with Gasteiger partial charge in [-0.25, -0.2) is 0 Å². The Morgan fingerprint density at radius 3 is 2.68 bits per heavy atom. The largest absolute Gasteiger partial charge is 0.348 e. The van der Waals surface area contributed by atoms with E-state index in [1.165, 1.54) is 0 Å². The number of ether oxygens (including phenoxy) is 3. The van der Waals surface area contributed by atoms with E-state index in [4.69, 9.17) is 49.0 Å². The van der Waals surface area contributed by atoms with Crippen LogP contribution >= 0.6 is 34.8 Å². The zero-order valence-corrected chi connectivity index (χ0v) is 12.6. The van der Waals surface area contributed by atoms with Gasteiger partial charge in [-0.05, 0) is 19.9 Å². The lowest BCUT2D eigenvalue weighted by atomic mass is 10.1. The molecule has 0 aromatic carbocycles. The van der Waals surface area contributed by atoms with Crippen molar-refractivity contribution in [1.82, 2.24) is 5.32 Å². The molecular formula is C11H14Cl3NO4. The maximum Gasteiger partial charge on any atom is 0.274 e. The molecule has 8 heteroatoms. The molecule has 0 saturated carbocycles. The summed E-state index contributed by atoms with van der Waals surface area (Å²) in [5.74, 6) is -1.40. The van der Waals surface area contributed by atoms with Gasteiger partial charge >= 0.3 is 0 Å². The van der Waals surface area contributed by atoms with Crippen molar-refractivity contribution in [2.75, 3.05) is 6.61 Å². The molecule has 0 aromatic heterocycles. The number of rotatable bonds is 1. The number of carbonyl (C=O) groups is 1. The highest BCUT2D eigenvalue weighted by Gasteiger charge is 2.40. The predicted octanol–water partition coefficient (Wildman–Crippen LogP) is 1.91. The van der Waals surface area contributed by atoms with E-state index in [0.717, 1.165) is 0 Å². The van der Waals surface area contributed by atoms with E-state index in [2.05, 4.69) is 5.32 Å². The highest BCUT2D eigenvalue weighted by atomic mass is 35.6. The molecule has 0 unspecified atom stereocenters. The first-order chi connectivity index (χ1) is 8.67. The third-order valence-electron chi connectivity index (χ3n) is 2.71. The molecule has 0 radical (unpaired) electrons. The van der Waals surface area contributed by atoms with Crippen LogP contribution in [0.2, 0.25) is 0 Å². The van der Waals surface area contributed by atoms with E-state index in [1.807, 2.05) is 19.9 Å². The molecule has 2 rings (SSSR count). The summed E-state index contributed by atoms with van der Waals surface area (Å²) in [5, 5.41) is 2.46.